The average molecular weight is 503 g/mol. The number of nitriles is 1. The SMILES string of the molecule is CCS(=O)(=O)c1nn2c(C(=O)NCC#N)ccnc2c1-c1nc2cc3c(cc2n1C)OC(F)(F)O3. The molecule has 1 amide bonds. The predicted octanol–water partition coefficient (Wildman–Crippen LogP) is 1.65. The first kappa shape index (κ1) is 22.5. The van der Waals surface area contributed by atoms with E-state index in [2.05, 4.69) is 29.9 Å². The zero-order valence-corrected chi connectivity index (χ0v) is 18.9. The molecule has 4 heterocycles. The molecular weight excluding hydrogens is 488 g/mol. The summed E-state index contributed by atoms with van der Waals surface area (Å²) in [5.74, 6) is -1.27. The first-order chi connectivity index (χ1) is 16.6. The Hall–Kier alpha value is -4.32. The van der Waals surface area contributed by atoms with Gasteiger partial charge in [-0.1, -0.05) is 6.92 Å². The van der Waals surface area contributed by atoms with Crippen LogP contribution >= 0.6 is 0 Å². The number of ether oxygens (including phenoxy) is 2. The third kappa shape index (κ3) is 3.49. The minimum absolute atomic E-state index is 0.0200. The molecule has 1 N–H and O–H groups in total. The van der Waals surface area contributed by atoms with Crippen molar-refractivity contribution in [3.8, 4) is 29.0 Å². The van der Waals surface area contributed by atoms with Gasteiger partial charge in [0, 0.05) is 25.4 Å². The van der Waals surface area contributed by atoms with E-state index in [0.29, 0.717) is 5.52 Å². The summed E-state index contributed by atoms with van der Waals surface area (Å²) in [6, 6.07) is 5.67. The van der Waals surface area contributed by atoms with Crippen LogP contribution < -0.4 is 14.8 Å². The largest absolute Gasteiger partial charge is 0.586 e. The lowest BCUT2D eigenvalue weighted by Crippen LogP contribution is -2.26. The molecule has 0 spiro atoms. The molecule has 15 heteroatoms. The zero-order valence-electron chi connectivity index (χ0n) is 18.1. The van der Waals surface area contributed by atoms with Crippen molar-refractivity contribution in [1.29, 1.82) is 5.26 Å². The summed E-state index contributed by atoms with van der Waals surface area (Å²) in [5, 5.41) is 14.9. The molecule has 1 aliphatic heterocycles. The van der Waals surface area contributed by atoms with Crippen LogP contribution in [0.15, 0.2) is 29.4 Å². The number of aryl methyl sites for hydroxylation is 1. The molecule has 4 aromatic rings. The maximum absolute atomic E-state index is 13.5. The molecule has 0 atom stereocenters. The average Bonchev–Trinajstić information content (AvgIpc) is 3.45. The van der Waals surface area contributed by atoms with Crippen LogP contribution in [0.25, 0.3) is 28.1 Å². The monoisotopic (exact) mass is 503 g/mol. The molecule has 0 unspecified atom stereocenters. The number of aromatic nitrogens is 5. The number of rotatable bonds is 5. The van der Waals surface area contributed by atoms with Crippen molar-refractivity contribution in [2.24, 2.45) is 7.05 Å². The number of halogens is 2. The van der Waals surface area contributed by atoms with Crippen molar-refractivity contribution in [2.75, 3.05) is 12.3 Å². The number of benzene rings is 1. The predicted molar refractivity (Wildman–Crippen MR) is 115 cm³/mol. The lowest BCUT2D eigenvalue weighted by atomic mass is 10.3. The van der Waals surface area contributed by atoms with Gasteiger partial charge in [-0.05, 0) is 6.07 Å². The number of carbonyl (C=O) groups excluding carboxylic acids is 1. The van der Waals surface area contributed by atoms with E-state index < -0.39 is 22.0 Å². The number of amides is 1. The Bertz CT molecular complexity index is 1690. The summed E-state index contributed by atoms with van der Waals surface area (Å²) < 4.78 is 64.4. The smallest absolute Gasteiger partial charge is 0.395 e. The number of nitrogens with one attached hydrogen (secondary N) is 1. The van der Waals surface area contributed by atoms with Crippen LogP contribution in [0, 0.1) is 11.3 Å². The highest BCUT2D eigenvalue weighted by Crippen LogP contribution is 2.44. The highest BCUT2D eigenvalue weighted by molar-refractivity contribution is 7.91. The summed E-state index contributed by atoms with van der Waals surface area (Å²) >= 11 is 0. The molecular formula is C20H15F2N7O5S. The van der Waals surface area contributed by atoms with Crippen LogP contribution in [0.4, 0.5) is 8.78 Å². The number of hydrogen-bond donors (Lipinski definition) is 1. The van der Waals surface area contributed by atoms with Crippen molar-refractivity contribution in [3.05, 3.63) is 30.1 Å². The molecule has 0 saturated carbocycles. The third-order valence-electron chi connectivity index (χ3n) is 5.35. The van der Waals surface area contributed by atoms with Gasteiger partial charge in [-0.2, -0.15) is 10.4 Å². The molecule has 0 radical (unpaired) electrons. The Morgan fingerprint density at radius 2 is 2.00 bits per heavy atom. The Morgan fingerprint density at radius 3 is 2.69 bits per heavy atom. The molecule has 180 valence electrons. The van der Waals surface area contributed by atoms with Crippen LogP contribution in [0.5, 0.6) is 11.5 Å². The van der Waals surface area contributed by atoms with Gasteiger partial charge in [0.2, 0.25) is 0 Å². The Kier molecular flexibility index (Phi) is 4.88. The van der Waals surface area contributed by atoms with E-state index in [1.807, 2.05) is 0 Å². The fourth-order valence-electron chi connectivity index (χ4n) is 3.72. The Balaban J connectivity index is 1.78. The number of carbonyl (C=O) groups is 1. The zero-order chi connectivity index (χ0) is 25.1. The maximum Gasteiger partial charge on any atom is 0.586 e. The quantitative estimate of drug-likeness (QED) is 0.401. The summed E-state index contributed by atoms with van der Waals surface area (Å²) in [4.78, 5) is 21.2. The van der Waals surface area contributed by atoms with Crippen LogP contribution in [0.2, 0.25) is 0 Å². The Labute approximate surface area is 195 Å². The van der Waals surface area contributed by atoms with Gasteiger partial charge >= 0.3 is 6.29 Å². The number of sulfone groups is 1. The van der Waals surface area contributed by atoms with Gasteiger partial charge in [-0.3, -0.25) is 4.79 Å². The van der Waals surface area contributed by atoms with Gasteiger partial charge in [0.25, 0.3) is 5.91 Å². The summed E-state index contributed by atoms with van der Waals surface area (Å²) in [6.45, 7) is 1.17. The fourth-order valence-corrected chi connectivity index (χ4v) is 4.69. The number of fused-ring (bicyclic) bond motifs is 3. The Morgan fingerprint density at radius 1 is 1.29 bits per heavy atom. The van der Waals surface area contributed by atoms with Crippen molar-refractivity contribution in [1.82, 2.24) is 29.5 Å². The molecule has 0 saturated heterocycles. The van der Waals surface area contributed by atoms with E-state index in [4.69, 9.17) is 5.26 Å². The van der Waals surface area contributed by atoms with Gasteiger partial charge in [0.1, 0.15) is 23.6 Å². The summed E-state index contributed by atoms with van der Waals surface area (Å²) in [7, 11) is -2.38. The summed E-state index contributed by atoms with van der Waals surface area (Å²) in [5.41, 5.74) is 0.567. The van der Waals surface area contributed by atoms with Crippen LogP contribution in [-0.2, 0) is 16.9 Å². The van der Waals surface area contributed by atoms with E-state index in [9.17, 15) is 22.0 Å². The standard InChI is InChI=1S/C20H15F2N7O5S/c1-3-35(31,32)19-15(16-24-6-4-11(29(16)27-19)18(30)25-7-5-23)17-26-10-8-13-14(9-12(10)28(17)2)34-20(21,22)33-13/h4,6,8-9H,3,7H2,1-2H3,(H,25,30). The number of alkyl halides is 2. The molecule has 0 fully saturated rings. The molecule has 1 aliphatic rings. The second-order valence-electron chi connectivity index (χ2n) is 7.44. The minimum atomic E-state index is -3.94. The molecule has 0 bridgehead atoms. The first-order valence-electron chi connectivity index (χ1n) is 10.1. The molecule has 3 aromatic heterocycles. The summed E-state index contributed by atoms with van der Waals surface area (Å²) in [6.07, 6.45) is -2.51. The van der Waals surface area contributed by atoms with E-state index >= 15 is 0 Å². The van der Waals surface area contributed by atoms with Crippen LogP contribution in [0.1, 0.15) is 17.4 Å². The number of hydrogen-bond acceptors (Lipinski definition) is 9. The van der Waals surface area contributed by atoms with E-state index in [1.54, 1.807) is 13.1 Å². The van der Waals surface area contributed by atoms with Gasteiger partial charge in [0.15, 0.2) is 32.0 Å². The maximum atomic E-state index is 13.5. The van der Waals surface area contributed by atoms with E-state index in [1.165, 1.54) is 35.9 Å². The second kappa shape index (κ2) is 7.60. The van der Waals surface area contributed by atoms with Gasteiger partial charge < -0.3 is 19.4 Å². The number of imidazole rings is 1. The second-order valence-corrected chi connectivity index (χ2v) is 9.63. The number of nitrogens with zero attached hydrogens (tertiary/aromatic N) is 6. The van der Waals surface area contributed by atoms with Gasteiger partial charge in [-0.15, -0.1) is 8.78 Å². The van der Waals surface area contributed by atoms with Gasteiger partial charge in [-0.25, -0.2) is 22.9 Å². The van der Waals surface area contributed by atoms with E-state index in [-0.39, 0.29) is 57.1 Å². The molecule has 12 nitrogen and oxygen atoms in total. The lowest BCUT2D eigenvalue weighted by Gasteiger charge is -2.05. The lowest BCUT2D eigenvalue weighted by molar-refractivity contribution is -0.286. The highest BCUT2D eigenvalue weighted by atomic mass is 32.2. The topological polar surface area (TPSA) is 153 Å². The third-order valence-corrected chi connectivity index (χ3v) is 6.98. The van der Waals surface area contributed by atoms with Crippen LogP contribution in [-0.4, -0.2) is 57.1 Å². The van der Waals surface area contributed by atoms with E-state index in [0.717, 1.165) is 4.52 Å². The van der Waals surface area contributed by atoms with Crippen molar-refractivity contribution in [2.45, 2.75) is 18.2 Å². The highest BCUT2D eigenvalue weighted by Gasteiger charge is 2.44. The molecule has 35 heavy (non-hydrogen) atoms. The van der Waals surface area contributed by atoms with Gasteiger partial charge in [0.05, 0.1) is 22.9 Å². The molecule has 0 aliphatic carbocycles. The normalized spacial score (nSPS) is 14.4. The molecule has 1 aromatic carbocycles. The van der Waals surface area contributed by atoms with Crippen molar-refractivity contribution >= 4 is 32.4 Å². The molecule has 5 rings (SSSR count). The van der Waals surface area contributed by atoms with Crippen molar-refractivity contribution in [3.63, 3.8) is 0 Å². The minimum Gasteiger partial charge on any atom is -0.395 e. The fraction of sp³-hybridized carbons (Fsp3) is 0.250. The first-order valence-corrected chi connectivity index (χ1v) is 11.7. The van der Waals surface area contributed by atoms with Crippen LogP contribution in [0.3, 0.4) is 0 Å². The van der Waals surface area contributed by atoms with Crippen molar-refractivity contribution < 1.29 is 31.5 Å².